The summed E-state index contributed by atoms with van der Waals surface area (Å²) in [6, 6.07) is 13.7. The second-order valence-corrected chi connectivity index (χ2v) is 4.13. The number of hydrogen-bond acceptors (Lipinski definition) is 4. The van der Waals surface area contributed by atoms with Gasteiger partial charge in [-0.3, -0.25) is 0 Å². The van der Waals surface area contributed by atoms with Gasteiger partial charge in [-0.25, -0.2) is 4.98 Å². The molecule has 0 aliphatic heterocycles. The summed E-state index contributed by atoms with van der Waals surface area (Å²) < 4.78 is 5.20. The molecule has 1 heterocycles. The Kier molecular flexibility index (Phi) is 2.61. The van der Waals surface area contributed by atoms with E-state index >= 15 is 0 Å². The quantitative estimate of drug-likeness (QED) is 0.689. The highest BCUT2D eigenvalue weighted by molar-refractivity contribution is 5.76. The summed E-state index contributed by atoms with van der Waals surface area (Å²) in [5.41, 5.74) is 10.3. The van der Waals surface area contributed by atoms with Gasteiger partial charge in [0.05, 0.1) is 0 Å². The van der Waals surface area contributed by atoms with E-state index < -0.39 is 0 Å². The van der Waals surface area contributed by atoms with Crippen LogP contribution in [0.5, 0.6) is 0 Å². The average Bonchev–Trinajstić information content (AvgIpc) is 2.85. The number of fused-ring (bicyclic) bond motifs is 1. The van der Waals surface area contributed by atoms with Crippen LogP contribution in [0.2, 0.25) is 0 Å². The Hall–Kier alpha value is -2.49. The third-order valence-electron chi connectivity index (χ3n) is 2.81. The van der Waals surface area contributed by atoms with E-state index in [9.17, 15) is 0 Å². The Morgan fingerprint density at radius 3 is 2.78 bits per heavy atom. The Balaban J connectivity index is 1.74. The number of benzene rings is 2. The molecule has 0 spiro atoms. The zero-order chi connectivity index (χ0) is 12.4. The van der Waals surface area contributed by atoms with Gasteiger partial charge in [0, 0.05) is 17.9 Å². The minimum Gasteiger partial charge on any atom is -0.443 e. The molecule has 4 heteroatoms. The standard InChI is InChI=1S/C14H13N3O/c15-11-3-1-10(2-4-11)8-16-12-5-6-14-13(7-12)17-9-18-14/h1-7,9,16H,8,15H2. The van der Waals surface area contributed by atoms with E-state index in [2.05, 4.69) is 10.3 Å². The largest absolute Gasteiger partial charge is 0.443 e. The molecule has 1 aromatic heterocycles. The molecule has 18 heavy (non-hydrogen) atoms. The van der Waals surface area contributed by atoms with Crippen LogP contribution in [0, 0.1) is 0 Å². The maximum absolute atomic E-state index is 5.65. The summed E-state index contributed by atoms with van der Waals surface area (Å²) in [5, 5.41) is 3.34. The van der Waals surface area contributed by atoms with Crippen LogP contribution in [-0.4, -0.2) is 4.98 Å². The summed E-state index contributed by atoms with van der Waals surface area (Å²) in [6.07, 6.45) is 1.45. The topological polar surface area (TPSA) is 64.1 Å². The van der Waals surface area contributed by atoms with Crippen LogP contribution in [0.25, 0.3) is 11.1 Å². The van der Waals surface area contributed by atoms with Crippen LogP contribution in [0.1, 0.15) is 5.56 Å². The van der Waals surface area contributed by atoms with Gasteiger partial charge in [0.1, 0.15) is 5.52 Å². The lowest BCUT2D eigenvalue weighted by Crippen LogP contribution is -1.99. The van der Waals surface area contributed by atoms with Crippen molar-refractivity contribution in [2.75, 3.05) is 11.1 Å². The van der Waals surface area contributed by atoms with Gasteiger partial charge in [-0.2, -0.15) is 0 Å². The summed E-state index contributed by atoms with van der Waals surface area (Å²) in [5.74, 6) is 0. The number of rotatable bonds is 3. The van der Waals surface area contributed by atoms with E-state index in [1.807, 2.05) is 42.5 Å². The third kappa shape index (κ3) is 2.13. The number of anilines is 2. The minimum atomic E-state index is 0.754. The van der Waals surface area contributed by atoms with Crippen molar-refractivity contribution < 1.29 is 4.42 Å². The van der Waals surface area contributed by atoms with Crippen molar-refractivity contribution in [2.24, 2.45) is 0 Å². The van der Waals surface area contributed by atoms with Gasteiger partial charge in [-0.15, -0.1) is 0 Å². The zero-order valence-electron chi connectivity index (χ0n) is 9.76. The van der Waals surface area contributed by atoms with Gasteiger partial charge in [0.15, 0.2) is 12.0 Å². The number of nitrogen functional groups attached to an aromatic ring is 1. The minimum absolute atomic E-state index is 0.754. The molecule has 2 aromatic carbocycles. The monoisotopic (exact) mass is 239 g/mol. The van der Waals surface area contributed by atoms with Gasteiger partial charge in [-0.1, -0.05) is 12.1 Å². The summed E-state index contributed by atoms with van der Waals surface area (Å²) in [6.45, 7) is 0.754. The molecule has 0 unspecified atom stereocenters. The molecule has 0 fully saturated rings. The number of nitrogens with zero attached hydrogens (tertiary/aromatic N) is 1. The number of oxazole rings is 1. The fourth-order valence-electron chi connectivity index (χ4n) is 1.81. The SMILES string of the molecule is Nc1ccc(CNc2ccc3ocnc3c2)cc1. The molecule has 0 atom stereocenters. The molecule has 3 rings (SSSR count). The average molecular weight is 239 g/mol. The van der Waals surface area contributed by atoms with Crippen LogP contribution in [-0.2, 0) is 6.54 Å². The van der Waals surface area contributed by atoms with E-state index in [4.69, 9.17) is 10.2 Å². The lowest BCUT2D eigenvalue weighted by atomic mass is 10.2. The molecular formula is C14H13N3O. The molecule has 0 aliphatic rings. The molecule has 3 aromatic rings. The highest BCUT2D eigenvalue weighted by Gasteiger charge is 2.00. The molecule has 0 amide bonds. The van der Waals surface area contributed by atoms with Crippen molar-refractivity contribution in [3.8, 4) is 0 Å². The van der Waals surface area contributed by atoms with Gasteiger partial charge in [0.2, 0.25) is 0 Å². The van der Waals surface area contributed by atoms with E-state index in [1.54, 1.807) is 0 Å². The number of hydrogen-bond donors (Lipinski definition) is 2. The van der Waals surface area contributed by atoms with Crippen LogP contribution in [0.4, 0.5) is 11.4 Å². The lowest BCUT2D eigenvalue weighted by molar-refractivity contribution is 0.602. The molecule has 0 saturated heterocycles. The van der Waals surface area contributed by atoms with Gasteiger partial charge >= 0.3 is 0 Å². The molecule has 90 valence electrons. The lowest BCUT2D eigenvalue weighted by Gasteiger charge is -2.06. The van der Waals surface area contributed by atoms with Crippen molar-refractivity contribution in [1.29, 1.82) is 0 Å². The Labute approximate surface area is 104 Å². The first-order valence-electron chi connectivity index (χ1n) is 5.73. The molecule has 4 nitrogen and oxygen atoms in total. The second kappa shape index (κ2) is 4.41. The van der Waals surface area contributed by atoms with Crippen molar-refractivity contribution in [2.45, 2.75) is 6.54 Å². The summed E-state index contributed by atoms with van der Waals surface area (Å²) >= 11 is 0. The Morgan fingerprint density at radius 1 is 1.11 bits per heavy atom. The first-order chi connectivity index (χ1) is 8.81. The molecule has 0 bridgehead atoms. The van der Waals surface area contributed by atoms with Gasteiger partial charge in [-0.05, 0) is 35.9 Å². The Bertz CT molecular complexity index is 658. The van der Waals surface area contributed by atoms with E-state index in [0.717, 1.165) is 29.0 Å². The maximum atomic E-state index is 5.65. The fourth-order valence-corrected chi connectivity index (χ4v) is 1.81. The van der Waals surface area contributed by atoms with Gasteiger partial charge < -0.3 is 15.5 Å². The second-order valence-electron chi connectivity index (χ2n) is 4.13. The summed E-state index contributed by atoms with van der Waals surface area (Å²) in [7, 11) is 0. The molecule has 3 N–H and O–H groups in total. The van der Waals surface area contributed by atoms with E-state index in [1.165, 1.54) is 12.0 Å². The van der Waals surface area contributed by atoms with Crippen LogP contribution in [0.15, 0.2) is 53.3 Å². The molecular weight excluding hydrogens is 226 g/mol. The van der Waals surface area contributed by atoms with Crippen molar-refractivity contribution >= 4 is 22.5 Å². The van der Waals surface area contributed by atoms with Gasteiger partial charge in [0.25, 0.3) is 0 Å². The number of nitrogens with one attached hydrogen (secondary N) is 1. The third-order valence-corrected chi connectivity index (χ3v) is 2.81. The van der Waals surface area contributed by atoms with Crippen molar-refractivity contribution in [3.63, 3.8) is 0 Å². The first-order valence-corrected chi connectivity index (χ1v) is 5.73. The van der Waals surface area contributed by atoms with E-state index in [-0.39, 0.29) is 0 Å². The zero-order valence-corrected chi connectivity index (χ0v) is 9.76. The van der Waals surface area contributed by atoms with Crippen LogP contribution < -0.4 is 11.1 Å². The maximum Gasteiger partial charge on any atom is 0.181 e. The van der Waals surface area contributed by atoms with E-state index in [0.29, 0.717) is 0 Å². The number of aromatic nitrogens is 1. The smallest absolute Gasteiger partial charge is 0.181 e. The molecule has 0 saturated carbocycles. The predicted molar refractivity (Wildman–Crippen MR) is 72.2 cm³/mol. The Morgan fingerprint density at radius 2 is 1.94 bits per heavy atom. The normalized spacial score (nSPS) is 10.7. The molecule has 0 radical (unpaired) electrons. The van der Waals surface area contributed by atoms with Crippen molar-refractivity contribution in [3.05, 3.63) is 54.4 Å². The number of nitrogens with two attached hydrogens (primary N) is 1. The predicted octanol–water partition coefficient (Wildman–Crippen LogP) is 3.02. The highest BCUT2D eigenvalue weighted by atomic mass is 16.3. The highest BCUT2D eigenvalue weighted by Crippen LogP contribution is 2.18. The first kappa shape index (κ1) is 10.7. The van der Waals surface area contributed by atoms with Crippen molar-refractivity contribution in [1.82, 2.24) is 4.98 Å². The summed E-state index contributed by atoms with van der Waals surface area (Å²) in [4.78, 5) is 4.12. The van der Waals surface area contributed by atoms with Crippen LogP contribution >= 0.6 is 0 Å². The fraction of sp³-hybridized carbons (Fsp3) is 0.0714. The molecule has 0 aliphatic carbocycles. The van der Waals surface area contributed by atoms with Crippen LogP contribution in [0.3, 0.4) is 0 Å².